The second-order valence-corrected chi connectivity index (χ2v) is 7.39. The van der Waals surface area contributed by atoms with Crippen LogP contribution in [0.2, 0.25) is 0 Å². The number of aliphatic hydroxyl groups is 1. The SMILES string of the molecule is C=C(C)COCCCCCCCCCCCCCCCCCCO. The molecule has 144 valence electrons. The molecule has 0 atom stereocenters. The molecule has 0 radical (unpaired) electrons. The smallest absolute Gasteiger partial charge is 0.0671 e. The van der Waals surface area contributed by atoms with Crippen LogP contribution in [-0.4, -0.2) is 24.9 Å². The third-order valence-electron chi connectivity index (χ3n) is 4.55. The first-order valence-electron chi connectivity index (χ1n) is 10.6. The number of hydrogen-bond donors (Lipinski definition) is 1. The van der Waals surface area contributed by atoms with E-state index in [1.807, 2.05) is 6.92 Å². The van der Waals surface area contributed by atoms with Crippen LogP contribution in [0.1, 0.15) is 110 Å². The van der Waals surface area contributed by atoms with Crippen molar-refractivity contribution in [3.8, 4) is 0 Å². The van der Waals surface area contributed by atoms with Gasteiger partial charge in [0, 0.05) is 13.2 Å². The van der Waals surface area contributed by atoms with Crippen molar-refractivity contribution in [1.82, 2.24) is 0 Å². The van der Waals surface area contributed by atoms with Crippen LogP contribution >= 0.6 is 0 Å². The minimum atomic E-state index is 0.365. The van der Waals surface area contributed by atoms with Crippen molar-refractivity contribution in [3.05, 3.63) is 12.2 Å². The number of ether oxygens (including phenoxy) is 1. The van der Waals surface area contributed by atoms with Crippen LogP contribution in [0.25, 0.3) is 0 Å². The Hall–Kier alpha value is -0.340. The summed E-state index contributed by atoms with van der Waals surface area (Å²) < 4.78 is 5.51. The summed E-state index contributed by atoms with van der Waals surface area (Å²) in [6.07, 6.45) is 21.5. The molecule has 0 aliphatic heterocycles. The summed E-state index contributed by atoms with van der Waals surface area (Å²) in [6.45, 7) is 7.84. The van der Waals surface area contributed by atoms with E-state index in [1.165, 1.54) is 96.3 Å². The Morgan fingerprint density at radius 3 is 1.29 bits per heavy atom. The van der Waals surface area contributed by atoms with E-state index in [2.05, 4.69) is 6.58 Å². The topological polar surface area (TPSA) is 29.5 Å². The molecule has 0 rings (SSSR count). The van der Waals surface area contributed by atoms with Crippen LogP contribution < -0.4 is 0 Å². The fourth-order valence-electron chi connectivity index (χ4n) is 3.04. The highest BCUT2D eigenvalue weighted by Crippen LogP contribution is 2.13. The lowest BCUT2D eigenvalue weighted by Gasteiger charge is -2.04. The van der Waals surface area contributed by atoms with Crippen molar-refractivity contribution < 1.29 is 9.84 Å². The summed E-state index contributed by atoms with van der Waals surface area (Å²) >= 11 is 0. The standard InChI is InChI=1S/C22H44O2/c1-22(2)21-24-20-18-16-14-12-10-8-6-4-3-5-7-9-11-13-15-17-19-23/h23H,1,3-21H2,2H3. The Morgan fingerprint density at radius 2 is 0.958 bits per heavy atom. The Bertz CT molecular complexity index is 250. The van der Waals surface area contributed by atoms with Crippen molar-refractivity contribution in [2.75, 3.05) is 19.8 Å². The Labute approximate surface area is 152 Å². The molecule has 0 aliphatic carbocycles. The fourth-order valence-corrected chi connectivity index (χ4v) is 3.04. The lowest BCUT2D eigenvalue weighted by Crippen LogP contribution is -1.97. The maximum absolute atomic E-state index is 8.71. The highest BCUT2D eigenvalue weighted by Gasteiger charge is 1.95. The molecule has 2 heteroatoms. The molecule has 0 aromatic heterocycles. The van der Waals surface area contributed by atoms with Crippen molar-refractivity contribution in [1.29, 1.82) is 0 Å². The normalized spacial score (nSPS) is 11.1. The van der Waals surface area contributed by atoms with Crippen LogP contribution in [0.5, 0.6) is 0 Å². The van der Waals surface area contributed by atoms with E-state index in [-0.39, 0.29) is 0 Å². The van der Waals surface area contributed by atoms with Crippen LogP contribution in [0.15, 0.2) is 12.2 Å². The Balaban J connectivity index is 2.97. The zero-order chi connectivity index (χ0) is 17.7. The van der Waals surface area contributed by atoms with Gasteiger partial charge in [-0.3, -0.25) is 0 Å². The van der Waals surface area contributed by atoms with Crippen molar-refractivity contribution in [2.45, 2.75) is 110 Å². The zero-order valence-electron chi connectivity index (χ0n) is 16.5. The van der Waals surface area contributed by atoms with E-state index in [1.54, 1.807) is 0 Å². The molecule has 0 fully saturated rings. The van der Waals surface area contributed by atoms with E-state index in [0.717, 1.165) is 25.2 Å². The highest BCUT2D eigenvalue weighted by molar-refractivity contribution is 4.87. The van der Waals surface area contributed by atoms with Gasteiger partial charge in [0.25, 0.3) is 0 Å². The van der Waals surface area contributed by atoms with Gasteiger partial charge in [-0.1, -0.05) is 102 Å². The average Bonchev–Trinajstić information content (AvgIpc) is 2.56. The van der Waals surface area contributed by atoms with Gasteiger partial charge in [0.1, 0.15) is 0 Å². The van der Waals surface area contributed by atoms with E-state index in [9.17, 15) is 0 Å². The average molecular weight is 341 g/mol. The second kappa shape index (κ2) is 20.7. The van der Waals surface area contributed by atoms with Gasteiger partial charge in [0.2, 0.25) is 0 Å². The van der Waals surface area contributed by atoms with E-state index in [4.69, 9.17) is 9.84 Å². The summed E-state index contributed by atoms with van der Waals surface area (Å²) in [7, 11) is 0. The molecule has 0 aliphatic rings. The number of hydrogen-bond acceptors (Lipinski definition) is 2. The fraction of sp³-hybridized carbons (Fsp3) is 0.909. The first-order chi connectivity index (χ1) is 11.8. The minimum Gasteiger partial charge on any atom is -0.396 e. The van der Waals surface area contributed by atoms with Gasteiger partial charge >= 0.3 is 0 Å². The van der Waals surface area contributed by atoms with Crippen LogP contribution in [0.3, 0.4) is 0 Å². The molecule has 2 nitrogen and oxygen atoms in total. The first-order valence-corrected chi connectivity index (χ1v) is 10.6. The maximum Gasteiger partial charge on any atom is 0.0671 e. The minimum absolute atomic E-state index is 0.365. The molecule has 0 aromatic rings. The molecule has 0 unspecified atom stereocenters. The Morgan fingerprint density at radius 1 is 0.625 bits per heavy atom. The third-order valence-corrected chi connectivity index (χ3v) is 4.55. The van der Waals surface area contributed by atoms with Crippen molar-refractivity contribution >= 4 is 0 Å². The molecular formula is C22H44O2. The van der Waals surface area contributed by atoms with E-state index in [0.29, 0.717) is 6.61 Å². The monoisotopic (exact) mass is 340 g/mol. The quantitative estimate of drug-likeness (QED) is 0.195. The van der Waals surface area contributed by atoms with E-state index < -0.39 is 0 Å². The first kappa shape index (κ1) is 23.7. The molecule has 0 bridgehead atoms. The van der Waals surface area contributed by atoms with Crippen LogP contribution in [0, 0.1) is 0 Å². The zero-order valence-corrected chi connectivity index (χ0v) is 16.5. The van der Waals surface area contributed by atoms with Crippen LogP contribution in [0.4, 0.5) is 0 Å². The number of unbranched alkanes of at least 4 members (excludes halogenated alkanes) is 15. The molecule has 0 aromatic carbocycles. The highest BCUT2D eigenvalue weighted by atomic mass is 16.5. The Kier molecular flexibility index (Phi) is 20.4. The largest absolute Gasteiger partial charge is 0.396 e. The molecular weight excluding hydrogens is 296 g/mol. The molecule has 0 saturated heterocycles. The van der Waals surface area contributed by atoms with Crippen LogP contribution in [-0.2, 0) is 4.74 Å². The summed E-state index contributed by atoms with van der Waals surface area (Å²) in [5, 5.41) is 8.71. The second-order valence-electron chi connectivity index (χ2n) is 7.39. The molecule has 0 saturated carbocycles. The van der Waals surface area contributed by atoms with Gasteiger partial charge in [0.05, 0.1) is 6.61 Å². The van der Waals surface area contributed by atoms with Gasteiger partial charge in [0.15, 0.2) is 0 Å². The summed E-state index contributed by atoms with van der Waals surface area (Å²) in [4.78, 5) is 0. The van der Waals surface area contributed by atoms with Gasteiger partial charge in [-0.15, -0.1) is 0 Å². The number of rotatable bonds is 20. The maximum atomic E-state index is 8.71. The lowest BCUT2D eigenvalue weighted by atomic mass is 10.0. The van der Waals surface area contributed by atoms with Gasteiger partial charge < -0.3 is 9.84 Å². The molecule has 24 heavy (non-hydrogen) atoms. The number of aliphatic hydroxyl groups excluding tert-OH is 1. The van der Waals surface area contributed by atoms with Gasteiger partial charge in [-0.2, -0.15) is 0 Å². The summed E-state index contributed by atoms with van der Waals surface area (Å²) in [5.41, 5.74) is 1.12. The van der Waals surface area contributed by atoms with Gasteiger partial charge in [-0.25, -0.2) is 0 Å². The lowest BCUT2D eigenvalue weighted by molar-refractivity contribution is 0.151. The molecule has 0 heterocycles. The van der Waals surface area contributed by atoms with Crippen molar-refractivity contribution in [2.24, 2.45) is 0 Å². The summed E-state index contributed by atoms with van der Waals surface area (Å²) in [6, 6.07) is 0. The van der Waals surface area contributed by atoms with Crippen molar-refractivity contribution in [3.63, 3.8) is 0 Å². The van der Waals surface area contributed by atoms with E-state index >= 15 is 0 Å². The molecule has 0 amide bonds. The third kappa shape index (κ3) is 21.7. The predicted molar refractivity (Wildman–Crippen MR) is 107 cm³/mol. The summed E-state index contributed by atoms with van der Waals surface area (Å²) in [5.74, 6) is 0. The van der Waals surface area contributed by atoms with Gasteiger partial charge in [-0.05, 0) is 19.8 Å². The molecule has 1 N–H and O–H groups in total. The molecule has 0 spiro atoms. The predicted octanol–water partition coefficient (Wildman–Crippen LogP) is 6.81.